The summed E-state index contributed by atoms with van der Waals surface area (Å²) in [6.45, 7) is 4.14. The van der Waals surface area contributed by atoms with Crippen molar-refractivity contribution in [3.63, 3.8) is 0 Å². The number of rotatable bonds is 3. The number of hydrogen-bond donors (Lipinski definition) is 1. The van der Waals surface area contributed by atoms with Gasteiger partial charge in [0.05, 0.1) is 18.3 Å². The van der Waals surface area contributed by atoms with Crippen LogP contribution in [0.3, 0.4) is 0 Å². The number of ether oxygens (including phenoxy) is 1. The molecular weight excluding hydrogens is 302 g/mol. The summed E-state index contributed by atoms with van der Waals surface area (Å²) in [5.41, 5.74) is 4.59. The van der Waals surface area contributed by atoms with Crippen LogP contribution < -0.4 is 15.0 Å². The molecule has 1 saturated heterocycles. The molecule has 0 saturated carbocycles. The number of pyridine rings is 1. The monoisotopic (exact) mass is 321 g/mol. The predicted octanol–water partition coefficient (Wildman–Crippen LogP) is 2.11. The second-order valence-corrected chi connectivity index (χ2v) is 5.72. The number of methoxy groups -OCH3 is 1. The molecular formula is C18H19N5O. The van der Waals surface area contributed by atoms with Gasteiger partial charge >= 0.3 is 0 Å². The lowest BCUT2D eigenvalue weighted by molar-refractivity contribution is 0.403. The Kier molecular flexibility index (Phi) is 3.96. The van der Waals surface area contributed by atoms with Crippen molar-refractivity contribution in [3.05, 3.63) is 42.7 Å². The summed E-state index contributed by atoms with van der Waals surface area (Å²) in [5, 5.41) is 3.37. The third kappa shape index (κ3) is 2.76. The molecule has 0 amide bonds. The lowest BCUT2D eigenvalue weighted by Gasteiger charge is -2.29. The Morgan fingerprint density at radius 2 is 1.79 bits per heavy atom. The number of anilines is 1. The molecule has 0 radical (unpaired) electrons. The average Bonchev–Trinajstić information content (AvgIpc) is 2.68. The molecule has 0 bridgehead atoms. The number of aromatic nitrogens is 3. The van der Waals surface area contributed by atoms with Crippen LogP contribution in [0.25, 0.3) is 22.3 Å². The molecule has 1 aliphatic rings. The Labute approximate surface area is 140 Å². The third-order valence-electron chi connectivity index (χ3n) is 4.26. The van der Waals surface area contributed by atoms with Crippen molar-refractivity contribution in [2.75, 3.05) is 38.2 Å². The van der Waals surface area contributed by atoms with Crippen molar-refractivity contribution in [1.29, 1.82) is 0 Å². The van der Waals surface area contributed by atoms with Crippen molar-refractivity contribution < 1.29 is 4.74 Å². The zero-order valence-electron chi connectivity index (χ0n) is 13.6. The van der Waals surface area contributed by atoms with Crippen LogP contribution in [0.5, 0.6) is 5.88 Å². The van der Waals surface area contributed by atoms with Crippen molar-refractivity contribution in [2.24, 2.45) is 0 Å². The number of fused-ring (bicyclic) bond motifs is 1. The van der Waals surface area contributed by atoms with Crippen LogP contribution in [0.2, 0.25) is 0 Å². The van der Waals surface area contributed by atoms with Crippen molar-refractivity contribution in [2.45, 2.75) is 0 Å². The SMILES string of the molecule is COc1nc(-c2ccc(N3CCNCC3)cc2)cc2nccnc12. The molecule has 0 aliphatic carbocycles. The molecule has 6 nitrogen and oxygen atoms in total. The Morgan fingerprint density at radius 1 is 1.04 bits per heavy atom. The summed E-state index contributed by atoms with van der Waals surface area (Å²) in [5.74, 6) is 0.502. The van der Waals surface area contributed by atoms with Crippen LogP contribution in [-0.4, -0.2) is 48.2 Å². The zero-order valence-corrected chi connectivity index (χ0v) is 13.6. The van der Waals surface area contributed by atoms with Gasteiger partial charge in [0.1, 0.15) is 0 Å². The Morgan fingerprint density at radius 3 is 2.54 bits per heavy atom. The number of nitrogens with zero attached hydrogens (tertiary/aromatic N) is 4. The van der Waals surface area contributed by atoms with Gasteiger partial charge in [-0.05, 0) is 18.2 Å². The first kappa shape index (κ1) is 14.8. The van der Waals surface area contributed by atoms with E-state index in [0.717, 1.165) is 43.0 Å². The van der Waals surface area contributed by atoms with Crippen molar-refractivity contribution in [1.82, 2.24) is 20.3 Å². The Hall–Kier alpha value is -2.73. The second-order valence-electron chi connectivity index (χ2n) is 5.72. The molecule has 3 aromatic rings. The molecule has 3 heterocycles. The van der Waals surface area contributed by atoms with Gasteiger partial charge in [-0.2, -0.15) is 0 Å². The minimum atomic E-state index is 0.502. The minimum Gasteiger partial charge on any atom is -0.479 e. The van der Waals surface area contributed by atoms with Gasteiger partial charge in [-0.3, -0.25) is 4.98 Å². The molecule has 1 fully saturated rings. The highest BCUT2D eigenvalue weighted by Gasteiger charge is 2.12. The topological polar surface area (TPSA) is 63.2 Å². The average molecular weight is 321 g/mol. The number of piperazine rings is 1. The molecule has 1 aliphatic heterocycles. The molecule has 0 spiro atoms. The van der Waals surface area contributed by atoms with E-state index >= 15 is 0 Å². The van der Waals surface area contributed by atoms with Gasteiger partial charge in [0.15, 0.2) is 5.52 Å². The normalized spacial score (nSPS) is 14.8. The van der Waals surface area contributed by atoms with Gasteiger partial charge < -0.3 is 15.0 Å². The summed E-state index contributed by atoms with van der Waals surface area (Å²) in [7, 11) is 1.60. The van der Waals surface area contributed by atoms with Gasteiger partial charge in [0.25, 0.3) is 0 Å². The fourth-order valence-corrected chi connectivity index (χ4v) is 3.00. The van der Waals surface area contributed by atoms with Gasteiger partial charge in [-0.15, -0.1) is 0 Å². The van der Waals surface area contributed by atoms with E-state index in [4.69, 9.17) is 4.74 Å². The quantitative estimate of drug-likeness (QED) is 0.797. The molecule has 0 unspecified atom stereocenters. The van der Waals surface area contributed by atoms with E-state index in [0.29, 0.717) is 11.4 Å². The van der Waals surface area contributed by atoms with Gasteiger partial charge in [0, 0.05) is 49.8 Å². The van der Waals surface area contributed by atoms with Crippen LogP contribution in [0.15, 0.2) is 42.7 Å². The van der Waals surface area contributed by atoms with Crippen LogP contribution >= 0.6 is 0 Å². The van der Waals surface area contributed by atoms with Gasteiger partial charge in [0.2, 0.25) is 5.88 Å². The highest BCUT2D eigenvalue weighted by molar-refractivity contribution is 5.83. The molecule has 2 aromatic heterocycles. The first-order valence-electron chi connectivity index (χ1n) is 8.07. The first-order valence-corrected chi connectivity index (χ1v) is 8.07. The highest BCUT2D eigenvalue weighted by atomic mass is 16.5. The summed E-state index contributed by atoms with van der Waals surface area (Å²) in [6.07, 6.45) is 3.33. The van der Waals surface area contributed by atoms with E-state index in [1.54, 1.807) is 19.5 Å². The second kappa shape index (κ2) is 6.41. The highest BCUT2D eigenvalue weighted by Crippen LogP contribution is 2.28. The molecule has 1 aromatic carbocycles. The molecule has 122 valence electrons. The molecule has 0 atom stereocenters. The predicted molar refractivity (Wildman–Crippen MR) is 94.4 cm³/mol. The Balaban J connectivity index is 1.69. The van der Waals surface area contributed by atoms with Crippen LogP contribution in [0.1, 0.15) is 0 Å². The summed E-state index contributed by atoms with van der Waals surface area (Å²) in [6, 6.07) is 10.4. The van der Waals surface area contributed by atoms with Crippen molar-refractivity contribution in [3.8, 4) is 17.1 Å². The van der Waals surface area contributed by atoms with E-state index in [1.165, 1.54) is 5.69 Å². The van der Waals surface area contributed by atoms with Crippen LogP contribution in [0, 0.1) is 0 Å². The standard InChI is InChI=1S/C18H19N5O/c1-24-18-17-16(20-6-7-21-17)12-15(22-18)13-2-4-14(5-3-13)23-10-8-19-9-11-23/h2-7,12,19H,8-11H2,1H3. The van der Waals surface area contributed by atoms with Crippen LogP contribution in [-0.2, 0) is 0 Å². The van der Waals surface area contributed by atoms with Gasteiger partial charge in [-0.25, -0.2) is 9.97 Å². The van der Waals surface area contributed by atoms with Crippen molar-refractivity contribution >= 4 is 16.7 Å². The lowest BCUT2D eigenvalue weighted by atomic mass is 10.1. The van der Waals surface area contributed by atoms with Crippen LogP contribution in [0.4, 0.5) is 5.69 Å². The minimum absolute atomic E-state index is 0.502. The smallest absolute Gasteiger partial charge is 0.242 e. The van der Waals surface area contributed by atoms with E-state index in [-0.39, 0.29) is 0 Å². The number of hydrogen-bond acceptors (Lipinski definition) is 6. The van der Waals surface area contributed by atoms with E-state index in [9.17, 15) is 0 Å². The zero-order chi connectivity index (χ0) is 16.4. The fraction of sp³-hybridized carbons (Fsp3) is 0.278. The third-order valence-corrected chi connectivity index (χ3v) is 4.26. The summed E-state index contributed by atoms with van der Waals surface area (Å²) < 4.78 is 5.38. The lowest BCUT2D eigenvalue weighted by Crippen LogP contribution is -2.43. The molecule has 24 heavy (non-hydrogen) atoms. The Bertz CT molecular complexity index is 844. The first-order chi connectivity index (χ1) is 11.8. The number of nitrogens with one attached hydrogen (secondary N) is 1. The largest absolute Gasteiger partial charge is 0.479 e. The molecule has 6 heteroatoms. The summed E-state index contributed by atoms with van der Waals surface area (Å²) in [4.78, 5) is 15.6. The summed E-state index contributed by atoms with van der Waals surface area (Å²) >= 11 is 0. The van der Waals surface area contributed by atoms with E-state index < -0.39 is 0 Å². The molecule has 1 N–H and O–H groups in total. The molecule has 4 rings (SSSR count). The maximum atomic E-state index is 5.38. The fourth-order valence-electron chi connectivity index (χ4n) is 3.00. The number of benzene rings is 1. The maximum absolute atomic E-state index is 5.38. The maximum Gasteiger partial charge on any atom is 0.242 e. The van der Waals surface area contributed by atoms with E-state index in [1.807, 2.05) is 6.07 Å². The van der Waals surface area contributed by atoms with Gasteiger partial charge in [-0.1, -0.05) is 12.1 Å². The van der Waals surface area contributed by atoms with E-state index in [2.05, 4.69) is 49.4 Å².